The summed E-state index contributed by atoms with van der Waals surface area (Å²) < 4.78 is 33.1. The van der Waals surface area contributed by atoms with Gasteiger partial charge in [-0.1, -0.05) is 0 Å². The van der Waals surface area contributed by atoms with Crippen molar-refractivity contribution in [2.24, 2.45) is 0 Å². The van der Waals surface area contributed by atoms with Crippen molar-refractivity contribution in [3.63, 3.8) is 0 Å². The van der Waals surface area contributed by atoms with E-state index in [1.807, 2.05) is 0 Å². The van der Waals surface area contributed by atoms with Crippen molar-refractivity contribution in [1.82, 2.24) is 14.6 Å². The monoisotopic (exact) mass is 338 g/mol. The molecule has 130 valence electrons. The fraction of sp³-hybridized carbons (Fsp3) is 0.600. The average Bonchev–Trinajstić information content (AvgIpc) is 3.17. The van der Waals surface area contributed by atoms with E-state index in [4.69, 9.17) is 19.9 Å². The van der Waals surface area contributed by atoms with Gasteiger partial charge in [0.05, 0.1) is 18.9 Å². The van der Waals surface area contributed by atoms with Gasteiger partial charge in [-0.15, -0.1) is 0 Å². The molecule has 0 saturated carbocycles. The third-order valence-corrected chi connectivity index (χ3v) is 4.71. The third-order valence-electron chi connectivity index (χ3n) is 4.71. The summed E-state index contributed by atoms with van der Waals surface area (Å²) in [6, 6.07) is 3.55. The second-order valence-corrected chi connectivity index (χ2v) is 6.70. The van der Waals surface area contributed by atoms with Crippen molar-refractivity contribution in [3.8, 4) is 0 Å². The van der Waals surface area contributed by atoms with Crippen LogP contribution in [0.2, 0.25) is 0 Å². The van der Waals surface area contributed by atoms with Gasteiger partial charge in [0.2, 0.25) is 0 Å². The van der Waals surface area contributed by atoms with E-state index in [1.165, 1.54) is 6.33 Å². The molecule has 24 heavy (non-hydrogen) atoms. The first-order valence-electron chi connectivity index (χ1n) is 7.65. The molecular weight excluding hydrogens is 319 g/mol. The Bertz CT molecular complexity index is 791. The molecule has 3 N–H and O–H groups in total. The molecule has 2 aromatic heterocycles. The number of aromatic nitrogens is 3. The number of rotatable bonds is 3. The lowest BCUT2D eigenvalue weighted by atomic mass is 9.86. The largest absolute Gasteiger partial charge is 0.393 e. The van der Waals surface area contributed by atoms with Crippen molar-refractivity contribution in [2.75, 3.05) is 25.6 Å². The molecule has 8 nitrogen and oxygen atoms in total. The number of alkyl halides is 1. The Morgan fingerprint density at radius 2 is 2.25 bits per heavy atom. The molecule has 9 heteroatoms. The van der Waals surface area contributed by atoms with E-state index in [1.54, 1.807) is 30.5 Å². The van der Waals surface area contributed by atoms with Gasteiger partial charge in [-0.2, -0.15) is 5.10 Å². The van der Waals surface area contributed by atoms with Crippen molar-refractivity contribution in [2.45, 2.75) is 36.9 Å². The molecule has 0 bridgehead atoms. The summed E-state index contributed by atoms with van der Waals surface area (Å²) in [5.74, 6) is -0.646. The van der Waals surface area contributed by atoms with E-state index in [0.717, 1.165) is 0 Å². The standard InChI is InChI=1S/C15H19FN4O4/c1-13(2)23-12-14(5-16,6-21)22-7-15(12,24-13)10-4-3-9-11(17)18-8-19-20(9)10/h3-4,8,12,21H,5-7H2,1-2H3,(H2,17,18,19)/t12-,14-,15-/m1/s1. The predicted molar refractivity (Wildman–Crippen MR) is 80.9 cm³/mol. The Morgan fingerprint density at radius 3 is 2.96 bits per heavy atom. The smallest absolute Gasteiger partial charge is 0.166 e. The highest BCUT2D eigenvalue weighted by Gasteiger charge is 2.69. The number of hydrogen-bond acceptors (Lipinski definition) is 7. The number of fused-ring (bicyclic) bond motifs is 2. The molecule has 0 aliphatic carbocycles. The van der Waals surface area contributed by atoms with Crippen molar-refractivity contribution < 1.29 is 23.7 Å². The predicted octanol–water partition coefficient (Wildman–Crippen LogP) is 0.389. The maximum atomic E-state index is 13.8. The number of hydrogen-bond donors (Lipinski definition) is 2. The zero-order valence-corrected chi connectivity index (χ0v) is 13.4. The number of nitrogens with two attached hydrogens (primary N) is 1. The fourth-order valence-electron chi connectivity index (χ4n) is 3.67. The SMILES string of the molecule is CC1(C)O[C@@H]2[C@](CO)(CF)OC[C@]2(c2ccc3c(N)ncnn23)O1. The first-order valence-corrected chi connectivity index (χ1v) is 7.65. The molecule has 0 radical (unpaired) electrons. The maximum absolute atomic E-state index is 13.8. The molecule has 0 spiro atoms. The molecule has 0 aromatic carbocycles. The molecule has 2 aliphatic rings. The fourth-order valence-corrected chi connectivity index (χ4v) is 3.67. The van der Waals surface area contributed by atoms with Crippen LogP contribution in [0.3, 0.4) is 0 Å². The number of aliphatic hydroxyl groups is 1. The zero-order valence-electron chi connectivity index (χ0n) is 13.4. The normalized spacial score (nSPS) is 34.8. The zero-order chi connectivity index (χ0) is 17.2. The van der Waals surface area contributed by atoms with Gasteiger partial charge in [-0.25, -0.2) is 13.9 Å². The highest BCUT2D eigenvalue weighted by molar-refractivity contribution is 5.65. The van der Waals surface area contributed by atoms with Crippen LogP contribution >= 0.6 is 0 Å². The quantitative estimate of drug-likeness (QED) is 0.834. The van der Waals surface area contributed by atoms with Crippen molar-refractivity contribution >= 4 is 11.3 Å². The Morgan fingerprint density at radius 1 is 1.46 bits per heavy atom. The lowest BCUT2D eigenvalue weighted by Crippen LogP contribution is -2.51. The summed E-state index contributed by atoms with van der Waals surface area (Å²) >= 11 is 0. The molecule has 2 aliphatic heterocycles. The second-order valence-electron chi connectivity index (χ2n) is 6.70. The van der Waals surface area contributed by atoms with Crippen LogP contribution in [0.5, 0.6) is 0 Å². The summed E-state index contributed by atoms with van der Waals surface area (Å²) in [5, 5.41) is 14.0. The Labute approximate surface area is 137 Å². The van der Waals surface area contributed by atoms with Crippen LogP contribution in [0.1, 0.15) is 19.5 Å². The molecule has 2 fully saturated rings. The molecule has 0 unspecified atom stereocenters. The number of aliphatic hydroxyl groups excluding tert-OH is 1. The van der Waals surface area contributed by atoms with Gasteiger partial charge in [0.25, 0.3) is 0 Å². The Kier molecular flexibility index (Phi) is 3.17. The van der Waals surface area contributed by atoms with Crippen molar-refractivity contribution in [3.05, 3.63) is 24.2 Å². The van der Waals surface area contributed by atoms with Crippen LogP contribution in [-0.4, -0.2) is 57.1 Å². The summed E-state index contributed by atoms with van der Waals surface area (Å²) in [6.07, 6.45) is 0.507. The van der Waals surface area contributed by atoms with E-state index < -0.39 is 36.4 Å². The average molecular weight is 338 g/mol. The molecule has 0 amide bonds. The second kappa shape index (κ2) is 4.85. The first kappa shape index (κ1) is 15.7. The van der Waals surface area contributed by atoms with E-state index >= 15 is 0 Å². The lowest BCUT2D eigenvalue weighted by Gasteiger charge is -2.30. The van der Waals surface area contributed by atoms with Gasteiger partial charge < -0.3 is 25.1 Å². The minimum Gasteiger partial charge on any atom is -0.393 e. The molecule has 3 atom stereocenters. The van der Waals surface area contributed by atoms with Crippen LogP contribution < -0.4 is 5.73 Å². The van der Waals surface area contributed by atoms with Gasteiger partial charge >= 0.3 is 0 Å². The van der Waals surface area contributed by atoms with E-state index in [0.29, 0.717) is 17.0 Å². The van der Waals surface area contributed by atoms with Crippen LogP contribution in [0.4, 0.5) is 10.2 Å². The Hall–Kier alpha value is -1.81. The van der Waals surface area contributed by atoms with Gasteiger partial charge in [0, 0.05) is 0 Å². The highest BCUT2D eigenvalue weighted by atomic mass is 19.1. The summed E-state index contributed by atoms with van der Waals surface area (Å²) in [4.78, 5) is 3.96. The summed E-state index contributed by atoms with van der Waals surface area (Å²) in [5.41, 5.74) is 4.53. The molecular formula is C15H19FN4O4. The molecule has 2 saturated heterocycles. The molecule has 4 heterocycles. The lowest BCUT2D eigenvalue weighted by molar-refractivity contribution is -0.214. The summed E-state index contributed by atoms with van der Waals surface area (Å²) in [7, 11) is 0. The molecule has 2 aromatic rings. The topological polar surface area (TPSA) is 104 Å². The first-order chi connectivity index (χ1) is 11.4. The number of halogens is 1. The van der Waals surface area contributed by atoms with Gasteiger partial charge in [-0.05, 0) is 26.0 Å². The number of nitrogen functional groups attached to an aromatic ring is 1. The van der Waals surface area contributed by atoms with Gasteiger partial charge in [0.1, 0.15) is 30.2 Å². The van der Waals surface area contributed by atoms with Crippen LogP contribution in [-0.2, 0) is 19.8 Å². The van der Waals surface area contributed by atoms with E-state index in [2.05, 4.69) is 10.1 Å². The minimum atomic E-state index is -1.48. The number of ether oxygens (including phenoxy) is 3. The van der Waals surface area contributed by atoms with E-state index in [-0.39, 0.29) is 6.61 Å². The van der Waals surface area contributed by atoms with Gasteiger partial charge in [-0.3, -0.25) is 0 Å². The molecule has 4 rings (SSSR count). The van der Waals surface area contributed by atoms with Crippen LogP contribution in [0, 0.1) is 0 Å². The third kappa shape index (κ3) is 1.86. The maximum Gasteiger partial charge on any atom is 0.166 e. The van der Waals surface area contributed by atoms with Gasteiger partial charge in [0.15, 0.2) is 17.2 Å². The number of anilines is 1. The minimum absolute atomic E-state index is 0.0294. The van der Waals surface area contributed by atoms with E-state index in [9.17, 15) is 9.50 Å². The van der Waals surface area contributed by atoms with Crippen LogP contribution in [0.15, 0.2) is 18.5 Å². The summed E-state index contributed by atoms with van der Waals surface area (Å²) in [6.45, 7) is 2.10. The number of nitrogens with zero attached hydrogens (tertiary/aromatic N) is 3. The highest BCUT2D eigenvalue weighted by Crippen LogP contribution is 2.53. The Balaban J connectivity index is 1.92. The van der Waals surface area contributed by atoms with Crippen molar-refractivity contribution in [1.29, 1.82) is 0 Å². The van der Waals surface area contributed by atoms with Crippen LogP contribution in [0.25, 0.3) is 5.52 Å².